The zero-order valence-corrected chi connectivity index (χ0v) is 16.9. The summed E-state index contributed by atoms with van der Waals surface area (Å²) in [4.78, 5) is 36.6. The topological polar surface area (TPSA) is 83.4 Å². The summed E-state index contributed by atoms with van der Waals surface area (Å²) in [5.41, 5.74) is 2.28. The number of benzene rings is 2. The van der Waals surface area contributed by atoms with Crippen LogP contribution in [0.15, 0.2) is 62.5 Å². The molecule has 0 bridgehead atoms. The first kappa shape index (κ1) is 19.7. The van der Waals surface area contributed by atoms with Gasteiger partial charge in [0.15, 0.2) is 0 Å². The van der Waals surface area contributed by atoms with Gasteiger partial charge in [-0.2, -0.15) is 0 Å². The molecule has 30 heavy (non-hydrogen) atoms. The molecule has 4 rings (SSSR count). The number of nitrogens with zero attached hydrogens (tertiary/aromatic N) is 2. The predicted molar refractivity (Wildman–Crippen MR) is 114 cm³/mol. The Labute approximate surface area is 172 Å². The molecule has 7 heteroatoms. The molecule has 0 atom stereocenters. The second-order valence-corrected chi connectivity index (χ2v) is 7.20. The largest absolute Gasteiger partial charge is 0.426 e. The van der Waals surface area contributed by atoms with Crippen molar-refractivity contribution in [2.75, 3.05) is 0 Å². The minimum absolute atomic E-state index is 0.0335. The summed E-state index contributed by atoms with van der Waals surface area (Å²) in [5, 5.41) is 0.832. The van der Waals surface area contributed by atoms with Gasteiger partial charge in [0, 0.05) is 31.1 Å². The third kappa shape index (κ3) is 3.66. The Hall–Kier alpha value is -3.61. The molecule has 2 aromatic heterocycles. The highest BCUT2D eigenvalue weighted by Gasteiger charge is 2.13. The smallest absolute Gasteiger partial charge is 0.336 e. The summed E-state index contributed by atoms with van der Waals surface area (Å²) in [6.07, 6.45) is 1.70. The van der Waals surface area contributed by atoms with Gasteiger partial charge in [-0.15, -0.1) is 0 Å². The van der Waals surface area contributed by atoms with Crippen LogP contribution in [0.1, 0.15) is 25.3 Å². The molecule has 0 fully saturated rings. The number of carbonyl (C=O) groups is 1. The van der Waals surface area contributed by atoms with Gasteiger partial charge >= 0.3 is 17.3 Å². The van der Waals surface area contributed by atoms with Gasteiger partial charge in [0.2, 0.25) is 0 Å². The van der Waals surface area contributed by atoms with Crippen LogP contribution in [0.25, 0.3) is 22.0 Å². The quantitative estimate of drug-likeness (QED) is 0.278. The number of esters is 1. The van der Waals surface area contributed by atoms with Gasteiger partial charge in [-0.25, -0.2) is 9.59 Å². The third-order valence-corrected chi connectivity index (χ3v) is 5.14. The van der Waals surface area contributed by atoms with E-state index in [1.54, 1.807) is 34.4 Å². The van der Waals surface area contributed by atoms with Gasteiger partial charge in [0.1, 0.15) is 11.3 Å². The molecule has 4 aromatic rings. The Morgan fingerprint density at radius 3 is 2.60 bits per heavy atom. The van der Waals surface area contributed by atoms with Crippen molar-refractivity contribution >= 4 is 28.0 Å². The predicted octanol–water partition coefficient (Wildman–Crippen LogP) is 3.39. The first-order valence-corrected chi connectivity index (χ1v) is 9.89. The van der Waals surface area contributed by atoms with Gasteiger partial charge in [0.25, 0.3) is 0 Å². The molecular formula is C23H22N2O5. The maximum atomic E-state index is 12.5. The lowest BCUT2D eigenvalue weighted by Crippen LogP contribution is -2.24. The normalized spacial score (nSPS) is 11.3. The van der Waals surface area contributed by atoms with Crippen molar-refractivity contribution in [3.05, 3.63) is 75.0 Å². The highest BCUT2D eigenvalue weighted by Crippen LogP contribution is 2.24. The highest BCUT2D eigenvalue weighted by molar-refractivity contribution is 5.83. The van der Waals surface area contributed by atoms with E-state index in [9.17, 15) is 14.4 Å². The zero-order valence-electron chi connectivity index (χ0n) is 16.9. The molecule has 0 aliphatic rings. The van der Waals surface area contributed by atoms with Crippen molar-refractivity contribution in [1.29, 1.82) is 0 Å². The van der Waals surface area contributed by atoms with Gasteiger partial charge < -0.3 is 9.15 Å². The van der Waals surface area contributed by atoms with E-state index in [-0.39, 0.29) is 18.7 Å². The average molecular weight is 406 g/mol. The molecule has 0 N–H and O–H groups in total. The Kier molecular flexibility index (Phi) is 5.27. The van der Waals surface area contributed by atoms with Gasteiger partial charge in [-0.3, -0.25) is 13.9 Å². The number of imidazole rings is 1. The monoisotopic (exact) mass is 406 g/mol. The summed E-state index contributed by atoms with van der Waals surface area (Å²) in [6.45, 7) is 2.25. The molecule has 0 saturated carbocycles. The van der Waals surface area contributed by atoms with E-state index < -0.39 is 11.6 Å². The van der Waals surface area contributed by atoms with E-state index >= 15 is 0 Å². The first-order valence-electron chi connectivity index (χ1n) is 9.89. The SMILES string of the molecule is CCCc1cc(=O)oc2cc(OC(=O)CCn3c(=O)n(C)c4ccccc43)ccc12. The van der Waals surface area contributed by atoms with E-state index in [0.29, 0.717) is 11.3 Å². The minimum atomic E-state index is -0.471. The number of fused-ring (bicyclic) bond motifs is 2. The standard InChI is InChI=1S/C23H22N2O5/c1-3-6-15-13-22(27)30-20-14-16(9-10-17(15)20)29-21(26)11-12-25-19-8-5-4-7-18(19)24(2)23(25)28/h4-5,7-10,13-14H,3,6,11-12H2,1-2H3. The molecule has 0 spiro atoms. The fourth-order valence-corrected chi connectivity index (χ4v) is 3.71. The maximum absolute atomic E-state index is 12.5. The lowest BCUT2D eigenvalue weighted by Gasteiger charge is -2.08. The number of hydrogen-bond donors (Lipinski definition) is 0. The molecule has 0 radical (unpaired) electrons. The van der Waals surface area contributed by atoms with Crippen LogP contribution in [0.4, 0.5) is 0 Å². The van der Waals surface area contributed by atoms with E-state index in [1.165, 1.54) is 6.07 Å². The molecule has 0 aliphatic heterocycles. The van der Waals surface area contributed by atoms with Crippen LogP contribution in [-0.2, 0) is 24.8 Å². The second kappa shape index (κ2) is 8.02. The summed E-state index contributed by atoms with van der Waals surface area (Å²) >= 11 is 0. The van der Waals surface area contributed by atoms with Crippen LogP contribution in [0, 0.1) is 0 Å². The molecule has 0 amide bonds. The van der Waals surface area contributed by atoms with Crippen molar-refractivity contribution in [1.82, 2.24) is 9.13 Å². The van der Waals surface area contributed by atoms with Crippen molar-refractivity contribution in [2.45, 2.75) is 32.7 Å². The fourth-order valence-electron chi connectivity index (χ4n) is 3.71. The number of para-hydroxylation sites is 2. The molecule has 0 unspecified atom stereocenters. The Balaban J connectivity index is 1.52. The number of rotatable bonds is 6. The highest BCUT2D eigenvalue weighted by atomic mass is 16.5. The van der Waals surface area contributed by atoms with Crippen molar-refractivity contribution < 1.29 is 13.9 Å². The van der Waals surface area contributed by atoms with Crippen LogP contribution in [0.3, 0.4) is 0 Å². The number of aryl methyl sites for hydroxylation is 3. The second-order valence-electron chi connectivity index (χ2n) is 7.20. The molecular weight excluding hydrogens is 384 g/mol. The van der Waals surface area contributed by atoms with Crippen LogP contribution in [-0.4, -0.2) is 15.1 Å². The van der Waals surface area contributed by atoms with Crippen molar-refractivity contribution in [3.8, 4) is 5.75 Å². The van der Waals surface area contributed by atoms with Gasteiger partial charge in [0.05, 0.1) is 17.5 Å². The lowest BCUT2D eigenvalue weighted by molar-refractivity contribution is -0.134. The summed E-state index contributed by atoms with van der Waals surface area (Å²) < 4.78 is 13.8. The molecule has 2 aromatic carbocycles. The minimum Gasteiger partial charge on any atom is -0.426 e. The van der Waals surface area contributed by atoms with Gasteiger partial charge in [-0.05, 0) is 36.2 Å². The molecule has 2 heterocycles. The van der Waals surface area contributed by atoms with E-state index in [2.05, 4.69) is 0 Å². The third-order valence-electron chi connectivity index (χ3n) is 5.14. The molecule has 0 aliphatic carbocycles. The van der Waals surface area contributed by atoms with Crippen LogP contribution < -0.4 is 16.1 Å². The van der Waals surface area contributed by atoms with Crippen LogP contribution >= 0.6 is 0 Å². The Bertz CT molecular complexity index is 1360. The number of ether oxygens (including phenoxy) is 1. The number of hydrogen-bond acceptors (Lipinski definition) is 5. The van der Waals surface area contributed by atoms with E-state index in [1.807, 2.05) is 31.2 Å². The summed E-state index contributed by atoms with van der Waals surface area (Å²) in [5.74, 6) is -0.171. The van der Waals surface area contributed by atoms with Crippen molar-refractivity contribution in [2.24, 2.45) is 7.05 Å². The molecule has 7 nitrogen and oxygen atoms in total. The molecule has 0 saturated heterocycles. The van der Waals surface area contributed by atoms with Crippen LogP contribution in [0.2, 0.25) is 0 Å². The van der Waals surface area contributed by atoms with Crippen molar-refractivity contribution in [3.63, 3.8) is 0 Å². The average Bonchev–Trinajstić information content (AvgIpc) is 2.97. The fraction of sp³-hybridized carbons (Fsp3) is 0.261. The Morgan fingerprint density at radius 2 is 1.83 bits per heavy atom. The first-order chi connectivity index (χ1) is 14.5. The summed E-state index contributed by atoms with van der Waals surface area (Å²) in [7, 11) is 1.70. The number of carbonyl (C=O) groups excluding carboxylic acids is 1. The Morgan fingerprint density at radius 1 is 1.07 bits per heavy atom. The van der Waals surface area contributed by atoms with E-state index in [4.69, 9.17) is 9.15 Å². The zero-order chi connectivity index (χ0) is 21.3. The maximum Gasteiger partial charge on any atom is 0.336 e. The van der Waals surface area contributed by atoms with Gasteiger partial charge in [-0.1, -0.05) is 25.5 Å². The molecule has 154 valence electrons. The lowest BCUT2D eigenvalue weighted by atomic mass is 10.1. The van der Waals surface area contributed by atoms with E-state index in [0.717, 1.165) is 34.8 Å². The van der Waals surface area contributed by atoms with Crippen LogP contribution in [0.5, 0.6) is 5.75 Å². The summed E-state index contributed by atoms with van der Waals surface area (Å²) in [6, 6.07) is 14.0. The number of aromatic nitrogens is 2.